The molecule has 0 aromatic heterocycles. The van der Waals surface area contributed by atoms with Gasteiger partial charge in [0.15, 0.2) is 5.96 Å². The number of guanidine groups is 1. The number of ether oxygens (including phenoxy) is 1. The Bertz CT molecular complexity index is 753. The van der Waals surface area contributed by atoms with Crippen LogP contribution in [0.15, 0.2) is 23.2 Å². The molecule has 0 amide bonds. The van der Waals surface area contributed by atoms with Gasteiger partial charge >= 0.3 is 0 Å². The summed E-state index contributed by atoms with van der Waals surface area (Å²) in [7, 11) is -3.46. The van der Waals surface area contributed by atoms with E-state index in [2.05, 4.69) is 20.3 Å². The van der Waals surface area contributed by atoms with E-state index in [9.17, 15) is 17.2 Å². The van der Waals surface area contributed by atoms with Gasteiger partial charge in [0.05, 0.1) is 18.4 Å². The molecule has 0 radical (unpaired) electrons. The molecule has 7 nitrogen and oxygen atoms in total. The van der Waals surface area contributed by atoms with Crippen LogP contribution >= 0.6 is 0 Å². The number of benzene rings is 1. The molecule has 158 valence electrons. The van der Waals surface area contributed by atoms with Gasteiger partial charge in [-0.2, -0.15) is 0 Å². The standard InChI is InChI=1S/C18H28F2N4O3S/c1-2-21-18(23-12-14-11-15(19)6-7-17(14)20)22-8-10-28(25,26)24-13-16-5-3-4-9-27-16/h6-7,11,16,24H,2-5,8-10,12-13H2,1H3,(H2,21,22,23). The number of nitrogens with zero attached hydrogens (tertiary/aromatic N) is 1. The summed E-state index contributed by atoms with van der Waals surface area (Å²) in [5, 5.41) is 5.84. The minimum absolute atomic E-state index is 0.0665. The van der Waals surface area contributed by atoms with Gasteiger partial charge in [-0.1, -0.05) is 0 Å². The molecular weight excluding hydrogens is 390 g/mol. The monoisotopic (exact) mass is 418 g/mol. The molecule has 1 aromatic rings. The predicted molar refractivity (Wildman–Crippen MR) is 105 cm³/mol. The maximum Gasteiger partial charge on any atom is 0.213 e. The molecule has 0 spiro atoms. The Hall–Kier alpha value is -1.78. The molecule has 2 rings (SSSR count). The number of sulfonamides is 1. The van der Waals surface area contributed by atoms with Crippen LogP contribution in [-0.2, 0) is 21.3 Å². The van der Waals surface area contributed by atoms with Crippen LogP contribution in [0.4, 0.5) is 8.78 Å². The third kappa shape index (κ3) is 8.07. The Morgan fingerprint density at radius 3 is 2.82 bits per heavy atom. The molecule has 0 saturated carbocycles. The number of rotatable bonds is 9. The zero-order valence-corrected chi connectivity index (χ0v) is 16.8. The summed E-state index contributed by atoms with van der Waals surface area (Å²) >= 11 is 0. The maximum atomic E-state index is 13.7. The van der Waals surface area contributed by atoms with Gasteiger partial charge in [-0.25, -0.2) is 26.9 Å². The Balaban J connectivity index is 1.81. The molecule has 1 atom stereocenters. The summed E-state index contributed by atoms with van der Waals surface area (Å²) < 4.78 is 59.2. The minimum Gasteiger partial charge on any atom is -0.377 e. The van der Waals surface area contributed by atoms with Crippen molar-refractivity contribution in [1.29, 1.82) is 0 Å². The van der Waals surface area contributed by atoms with Crippen molar-refractivity contribution in [2.75, 3.05) is 32.0 Å². The molecule has 1 aliphatic rings. The van der Waals surface area contributed by atoms with E-state index in [0.717, 1.165) is 37.5 Å². The first-order chi connectivity index (χ1) is 13.4. The van der Waals surface area contributed by atoms with Crippen molar-refractivity contribution in [3.05, 3.63) is 35.4 Å². The fraction of sp³-hybridized carbons (Fsp3) is 0.611. The van der Waals surface area contributed by atoms with E-state index in [1.165, 1.54) is 0 Å². The van der Waals surface area contributed by atoms with Gasteiger partial charge in [-0.3, -0.25) is 0 Å². The third-order valence-corrected chi connectivity index (χ3v) is 5.58. The highest BCUT2D eigenvalue weighted by molar-refractivity contribution is 7.89. The second kappa shape index (κ2) is 11.3. The van der Waals surface area contributed by atoms with E-state index >= 15 is 0 Å². The van der Waals surface area contributed by atoms with Crippen LogP contribution in [0.1, 0.15) is 31.7 Å². The van der Waals surface area contributed by atoms with E-state index < -0.39 is 21.7 Å². The van der Waals surface area contributed by atoms with Crippen LogP contribution < -0.4 is 15.4 Å². The van der Waals surface area contributed by atoms with Crippen LogP contribution in [0, 0.1) is 11.6 Å². The lowest BCUT2D eigenvalue weighted by Crippen LogP contribution is -2.42. The highest BCUT2D eigenvalue weighted by Gasteiger charge is 2.17. The number of hydrogen-bond donors (Lipinski definition) is 3. The van der Waals surface area contributed by atoms with E-state index in [-0.39, 0.29) is 37.1 Å². The van der Waals surface area contributed by atoms with Crippen molar-refractivity contribution in [3.8, 4) is 0 Å². The lowest BCUT2D eigenvalue weighted by atomic mass is 10.1. The predicted octanol–water partition coefficient (Wildman–Crippen LogP) is 1.51. The van der Waals surface area contributed by atoms with Gasteiger partial charge in [-0.05, 0) is 44.4 Å². The van der Waals surface area contributed by atoms with Crippen LogP contribution in [0.2, 0.25) is 0 Å². The molecule has 1 heterocycles. The van der Waals surface area contributed by atoms with E-state index in [1.54, 1.807) is 0 Å². The highest BCUT2D eigenvalue weighted by Crippen LogP contribution is 2.12. The first-order valence-electron chi connectivity index (χ1n) is 9.44. The van der Waals surface area contributed by atoms with Crippen LogP contribution in [-0.4, -0.2) is 52.5 Å². The fourth-order valence-electron chi connectivity index (χ4n) is 2.73. The van der Waals surface area contributed by atoms with Gasteiger partial charge in [0, 0.05) is 31.8 Å². The lowest BCUT2D eigenvalue weighted by molar-refractivity contribution is 0.0200. The van der Waals surface area contributed by atoms with Crippen molar-refractivity contribution >= 4 is 16.0 Å². The summed E-state index contributed by atoms with van der Waals surface area (Å²) in [6.07, 6.45) is 2.84. The first kappa shape index (κ1) is 22.5. The summed E-state index contributed by atoms with van der Waals surface area (Å²) in [6.45, 7) is 3.39. The zero-order valence-electron chi connectivity index (χ0n) is 16.0. The van der Waals surface area contributed by atoms with Crippen LogP contribution in [0.5, 0.6) is 0 Å². The summed E-state index contributed by atoms with van der Waals surface area (Å²) in [6, 6.07) is 3.18. The van der Waals surface area contributed by atoms with E-state index in [0.29, 0.717) is 19.1 Å². The molecule has 1 unspecified atom stereocenters. The Labute approximate surface area is 165 Å². The first-order valence-corrected chi connectivity index (χ1v) is 11.1. The number of nitrogens with one attached hydrogen (secondary N) is 3. The van der Waals surface area contributed by atoms with Gasteiger partial charge in [-0.15, -0.1) is 0 Å². The van der Waals surface area contributed by atoms with Crippen molar-refractivity contribution in [1.82, 2.24) is 15.4 Å². The molecule has 0 bridgehead atoms. The minimum atomic E-state index is -3.46. The molecule has 10 heteroatoms. The topological polar surface area (TPSA) is 91.8 Å². The van der Waals surface area contributed by atoms with Crippen molar-refractivity contribution in [2.45, 2.75) is 38.8 Å². The second-order valence-corrected chi connectivity index (χ2v) is 8.44. The Morgan fingerprint density at radius 1 is 1.29 bits per heavy atom. The normalized spacial score (nSPS) is 18.1. The van der Waals surface area contributed by atoms with Gasteiger partial charge in [0.2, 0.25) is 10.0 Å². The van der Waals surface area contributed by atoms with Gasteiger partial charge in [0.1, 0.15) is 11.6 Å². The average Bonchev–Trinajstić information content (AvgIpc) is 2.68. The summed E-state index contributed by atoms with van der Waals surface area (Å²) in [5.41, 5.74) is 0.124. The Kier molecular flexibility index (Phi) is 9.07. The summed E-state index contributed by atoms with van der Waals surface area (Å²) in [4.78, 5) is 4.18. The SMILES string of the molecule is CCNC(=NCc1cc(F)ccc1F)NCCS(=O)(=O)NCC1CCCCO1. The molecular formula is C18H28F2N4O3S. The molecule has 1 saturated heterocycles. The molecule has 0 aliphatic carbocycles. The largest absolute Gasteiger partial charge is 0.377 e. The van der Waals surface area contributed by atoms with Crippen molar-refractivity contribution in [2.24, 2.45) is 4.99 Å². The Morgan fingerprint density at radius 2 is 2.11 bits per heavy atom. The molecule has 3 N–H and O–H groups in total. The molecule has 1 aromatic carbocycles. The van der Waals surface area contributed by atoms with E-state index in [1.807, 2.05) is 6.92 Å². The van der Waals surface area contributed by atoms with Gasteiger partial charge in [0.25, 0.3) is 0 Å². The van der Waals surface area contributed by atoms with Crippen LogP contribution in [0.3, 0.4) is 0 Å². The zero-order chi connectivity index (χ0) is 20.4. The summed E-state index contributed by atoms with van der Waals surface area (Å²) in [5.74, 6) is -0.892. The number of halogens is 2. The van der Waals surface area contributed by atoms with Crippen LogP contribution in [0.25, 0.3) is 0 Å². The lowest BCUT2D eigenvalue weighted by Gasteiger charge is -2.22. The number of aliphatic imine (C=N–C) groups is 1. The van der Waals surface area contributed by atoms with Crippen molar-refractivity contribution in [3.63, 3.8) is 0 Å². The third-order valence-electron chi connectivity index (χ3n) is 4.23. The van der Waals surface area contributed by atoms with Gasteiger partial charge < -0.3 is 15.4 Å². The quantitative estimate of drug-likeness (QED) is 0.418. The number of hydrogen-bond acceptors (Lipinski definition) is 4. The average molecular weight is 419 g/mol. The molecule has 1 fully saturated rings. The van der Waals surface area contributed by atoms with Crippen molar-refractivity contribution < 1.29 is 21.9 Å². The second-order valence-electron chi connectivity index (χ2n) is 6.51. The molecule has 1 aliphatic heterocycles. The highest BCUT2D eigenvalue weighted by atomic mass is 32.2. The molecule has 28 heavy (non-hydrogen) atoms. The van der Waals surface area contributed by atoms with E-state index in [4.69, 9.17) is 4.74 Å². The maximum absolute atomic E-state index is 13.7. The smallest absolute Gasteiger partial charge is 0.213 e. The fourth-order valence-corrected chi connectivity index (χ4v) is 3.69.